The minimum absolute atomic E-state index is 0.168. The molecule has 0 radical (unpaired) electrons. The quantitative estimate of drug-likeness (QED) is 0.133. The average molecular weight is 638 g/mol. The molecule has 0 saturated carbocycles. The van der Waals surface area contributed by atoms with E-state index in [4.69, 9.17) is 4.99 Å². The summed E-state index contributed by atoms with van der Waals surface area (Å²) < 4.78 is 69.5. The van der Waals surface area contributed by atoms with E-state index >= 15 is 0 Å². The van der Waals surface area contributed by atoms with Crippen molar-refractivity contribution < 1.29 is 31.5 Å². The van der Waals surface area contributed by atoms with Gasteiger partial charge >= 0.3 is 12.3 Å². The van der Waals surface area contributed by atoms with Crippen molar-refractivity contribution in [1.82, 2.24) is 14.6 Å². The van der Waals surface area contributed by atoms with Crippen LogP contribution in [0.2, 0.25) is 0 Å². The lowest BCUT2D eigenvalue weighted by atomic mass is 10.0. The lowest BCUT2D eigenvalue weighted by Gasteiger charge is -2.20. The Balaban J connectivity index is 1.24. The number of amides is 1. The first-order valence-electron chi connectivity index (χ1n) is 13.7. The van der Waals surface area contributed by atoms with Crippen LogP contribution in [-0.4, -0.2) is 49.9 Å². The van der Waals surface area contributed by atoms with Crippen LogP contribution >= 0.6 is 11.8 Å². The highest BCUT2D eigenvalue weighted by Crippen LogP contribution is 2.38. The maximum Gasteiger partial charge on any atom is 0.499 e. The van der Waals surface area contributed by atoms with Gasteiger partial charge in [-0.3, -0.25) is 9.36 Å². The highest BCUT2D eigenvalue weighted by Gasteiger charge is 2.61. The SMILES string of the molecule is CC(C)c1ccccc1/N=C1\SCC(=O)N1/N=C/c1ccc2c(ccc3c2ncn3-c2ccc(OC(F)(F)C(F)(F)F)cc2)c1. The number of fused-ring (bicyclic) bond motifs is 3. The fourth-order valence-corrected chi connectivity index (χ4v) is 5.66. The number of nitrogens with zero attached hydrogens (tertiary/aromatic N) is 5. The standard InChI is InChI=1S/C32H24F5N5O2S/c1-19(2)24-5-3-4-6-26(24)40-30-42(28(43)17-45-30)39-16-20-7-13-25-21(15-20)8-14-27-29(25)38-18-41(27)22-9-11-23(12-10-22)44-32(36,37)31(33,34)35/h3-16,18-19H,17H2,1-2H3/b39-16+,40-30-. The van der Waals surface area contributed by atoms with Crippen molar-refractivity contribution in [2.75, 3.05) is 5.75 Å². The average Bonchev–Trinajstić information content (AvgIpc) is 3.59. The van der Waals surface area contributed by atoms with Gasteiger partial charge in [0.2, 0.25) is 0 Å². The summed E-state index contributed by atoms with van der Waals surface area (Å²) in [5.74, 6) is -0.284. The van der Waals surface area contributed by atoms with Gasteiger partial charge in [0.1, 0.15) is 12.1 Å². The molecule has 0 N–H and O–H groups in total. The maximum absolute atomic E-state index is 13.3. The van der Waals surface area contributed by atoms with E-state index in [-0.39, 0.29) is 17.6 Å². The van der Waals surface area contributed by atoms with Crippen LogP contribution in [0.15, 0.2) is 95.3 Å². The van der Waals surface area contributed by atoms with E-state index in [2.05, 4.69) is 28.7 Å². The molecule has 1 amide bonds. The van der Waals surface area contributed by atoms with Gasteiger partial charge < -0.3 is 4.74 Å². The van der Waals surface area contributed by atoms with Crippen molar-refractivity contribution >= 4 is 56.5 Å². The highest BCUT2D eigenvalue weighted by molar-refractivity contribution is 8.15. The van der Waals surface area contributed by atoms with Crippen LogP contribution in [0, 0.1) is 0 Å². The van der Waals surface area contributed by atoms with Gasteiger partial charge in [-0.2, -0.15) is 32.1 Å². The Kier molecular flexibility index (Phi) is 7.81. The molecule has 6 rings (SSSR count). The van der Waals surface area contributed by atoms with E-state index in [0.29, 0.717) is 21.9 Å². The second-order valence-electron chi connectivity index (χ2n) is 10.5. The summed E-state index contributed by atoms with van der Waals surface area (Å²) >= 11 is 1.33. The second-order valence-corrected chi connectivity index (χ2v) is 11.4. The van der Waals surface area contributed by atoms with Crippen LogP contribution in [-0.2, 0) is 4.79 Å². The second kappa shape index (κ2) is 11.6. The Morgan fingerprint density at radius 2 is 1.73 bits per heavy atom. The molecular weight excluding hydrogens is 613 g/mol. The Hall–Kier alpha value is -4.78. The molecule has 0 aliphatic carbocycles. The maximum atomic E-state index is 13.3. The minimum Gasteiger partial charge on any atom is -0.426 e. The first kappa shape index (κ1) is 30.3. The predicted molar refractivity (Wildman–Crippen MR) is 165 cm³/mol. The first-order valence-corrected chi connectivity index (χ1v) is 14.7. The summed E-state index contributed by atoms with van der Waals surface area (Å²) in [6.45, 7) is 4.17. The largest absolute Gasteiger partial charge is 0.499 e. The first-order chi connectivity index (χ1) is 21.4. The van der Waals surface area contributed by atoms with Gasteiger partial charge in [-0.15, -0.1) is 0 Å². The van der Waals surface area contributed by atoms with Crippen LogP contribution < -0.4 is 4.74 Å². The molecule has 0 spiro atoms. The van der Waals surface area contributed by atoms with Crippen LogP contribution in [0.3, 0.4) is 0 Å². The molecule has 0 bridgehead atoms. The molecule has 2 heterocycles. The summed E-state index contributed by atoms with van der Waals surface area (Å²) in [5.41, 5.74) is 4.47. The molecule has 1 fully saturated rings. The number of benzene rings is 4. The molecule has 0 unspecified atom stereocenters. The fraction of sp³-hybridized carbons (Fsp3) is 0.188. The molecule has 13 heteroatoms. The number of thioether (sulfide) groups is 1. The normalized spacial score (nSPS) is 15.4. The lowest BCUT2D eigenvalue weighted by molar-refractivity contribution is -0.360. The van der Waals surface area contributed by atoms with E-state index in [1.165, 1.54) is 35.2 Å². The number of hydrazone groups is 1. The molecule has 0 atom stereocenters. The zero-order valence-corrected chi connectivity index (χ0v) is 24.6. The molecule has 5 aromatic rings. The number of carbonyl (C=O) groups excluding carboxylic acids is 1. The zero-order valence-electron chi connectivity index (χ0n) is 23.8. The number of aromatic nitrogens is 2. The van der Waals surface area contributed by atoms with Gasteiger partial charge in [0.05, 0.1) is 28.7 Å². The number of ether oxygens (including phenoxy) is 1. The lowest BCUT2D eigenvalue weighted by Crippen LogP contribution is -2.41. The number of para-hydroxylation sites is 1. The fourth-order valence-electron chi connectivity index (χ4n) is 4.85. The Morgan fingerprint density at radius 3 is 2.47 bits per heavy atom. The van der Waals surface area contributed by atoms with Gasteiger partial charge in [-0.1, -0.05) is 62.0 Å². The van der Waals surface area contributed by atoms with Crippen LogP contribution in [0.25, 0.3) is 27.5 Å². The van der Waals surface area contributed by atoms with Gasteiger partial charge in [-0.25, -0.2) is 9.98 Å². The van der Waals surface area contributed by atoms with Gasteiger partial charge in [0.25, 0.3) is 5.91 Å². The summed E-state index contributed by atoms with van der Waals surface area (Å²) in [4.78, 5) is 21.9. The van der Waals surface area contributed by atoms with Gasteiger partial charge in [0, 0.05) is 11.1 Å². The number of halogens is 5. The molecule has 4 aromatic carbocycles. The topological polar surface area (TPSA) is 72.1 Å². The number of amidine groups is 1. The van der Waals surface area contributed by atoms with Crippen molar-refractivity contribution in [3.05, 3.63) is 96.3 Å². The van der Waals surface area contributed by atoms with Crippen molar-refractivity contribution in [3.63, 3.8) is 0 Å². The number of rotatable bonds is 7. The number of aliphatic imine (C=N–C) groups is 1. The van der Waals surface area contributed by atoms with E-state index < -0.39 is 18.0 Å². The van der Waals surface area contributed by atoms with E-state index in [1.807, 2.05) is 54.6 Å². The van der Waals surface area contributed by atoms with Crippen molar-refractivity contribution in [2.24, 2.45) is 10.1 Å². The molecule has 1 aromatic heterocycles. The van der Waals surface area contributed by atoms with Gasteiger partial charge in [0.15, 0.2) is 5.17 Å². The van der Waals surface area contributed by atoms with Crippen LogP contribution in [0.5, 0.6) is 5.75 Å². The molecule has 1 aliphatic rings. The molecule has 1 aliphatic heterocycles. The summed E-state index contributed by atoms with van der Waals surface area (Å²) in [6, 6.07) is 21.9. The predicted octanol–water partition coefficient (Wildman–Crippen LogP) is 8.43. The van der Waals surface area contributed by atoms with Crippen LogP contribution in [0.4, 0.5) is 27.6 Å². The van der Waals surface area contributed by atoms with Crippen molar-refractivity contribution in [2.45, 2.75) is 32.1 Å². The van der Waals surface area contributed by atoms with E-state index in [1.54, 1.807) is 10.8 Å². The van der Waals surface area contributed by atoms with Crippen molar-refractivity contribution in [3.8, 4) is 11.4 Å². The summed E-state index contributed by atoms with van der Waals surface area (Å²) in [6.07, 6.45) is -8.01. The third-order valence-electron chi connectivity index (χ3n) is 7.09. The Labute approximate surface area is 258 Å². The monoisotopic (exact) mass is 637 g/mol. The van der Waals surface area contributed by atoms with E-state index in [9.17, 15) is 26.7 Å². The number of alkyl halides is 5. The van der Waals surface area contributed by atoms with Gasteiger partial charge in [-0.05, 0) is 64.9 Å². The number of hydrogen-bond acceptors (Lipinski definition) is 6. The molecule has 1 saturated heterocycles. The number of carbonyl (C=O) groups is 1. The highest BCUT2D eigenvalue weighted by atomic mass is 32.2. The van der Waals surface area contributed by atoms with E-state index in [0.717, 1.165) is 39.7 Å². The number of hydrogen-bond donors (Lipinski definition) is 0. The minimum atomic E-state index is -5.83. The smallest absolute Gasteiger partial charge is 0.426 e. The molecule has 230 valence electrons. The number of imidazole rings is 1. The molecular formula is C32H24F5N5O2S. The molecule has 7 nitrogen and oxygen atoms in total. The molecule has 45 heavy (non-hydrogen) atoms. The summed E-state index contributed by atoms with van der Waals surface area (Å²) in [7, 11) is 0. The zero-order chi connectivity index (χ0) is 31.9. The Morgan fingerprint density at radius 1 is 0.978 bits per heavy atom. The van der Waals surface area contributed by atoms with Crippen molar-refractivity contribution in [1.29, 1.82) is 0 Å². The third kappa shape index (κ3) is 5.99. The third-order valence-corrected chi connectivity index (χ3v) is 8.00. The Bertz CT molecular complexity index is 1970. The van der Waals surface area contributed by atoms with Crippen LogP contribution in [0.1, 0.15) is 30.9 Å². The summed E-state index contributed by atoms with van der Waals surface area (Å²) in [5, 5.41) is 7.96.